The van der Waals surface area contributed by atoms with Crippen LogP contribution in [0.15, 0.2) is 24.3 Å². The van der Waals surface area contributed by atoms with Crippen molar-refractivity contribution in [2.75, 3.05) is 31.2 Å². The normalized spacial score (nSPS) is 20.4. The van der Waals surface area contributed by atoms with Gasteiger partial charge in [0.25, 0.3) is 5.91 Å². The molecule has 0 radical (unpaired) electrons. The van der Waals surface area contributed by atoms with E-state index in [0.717, 1.165) is 24.3 Å². The standard InChI is InChI=1S/C17H22F2N2O3/c18-17(19,16(23)6-1-7-16)15(22)20-12-13-2-4-14(5-3-13)21-8-10-24-11-9-21/h2-5,23H,1,6-12H2,(H,20,22). The molecule has 3 rings (SSSR count). The fraction of sp³-hybridized carbons (Fsp3) is 0.588. The smallest absolute Gasteiger partial charge is 0.352 e. The summed E-state index contributed by atoms with van der Waals surface area (Å²) in [7, 11) is 0. The number of amides is 1. The Morgan fingerprint density at radius 1 is 1.25 bits per heavy atom. The number of anilines is 1. The quantitative estimate of drug-likeness (QED) is 0.856. The number of hydrogen-bond donors (Lipinski definition) is 2. The van der Waals surface area contributed by atoms with E-state index in [1.54, 1.807) is 12.1 Å². The third-order valence-corrected chi connectivity index (χ3v) is 4.82. The lowest BCUT2D eigenvalue weighted by Crippen LogP contribution is -2.60. The maximum Gasteiger partial charge on any atom is 0.352 e. The lowest BCUT2D eigenvalue weighted by Gasteiger charge is -2.41. The Morgan fingerprint density at radius 3 is 2.42 bits per heavy atom. The van der Waals surface area contributed by atoms with Crippen LogP contribution in [0.2, 0.25) is 0 Å². The minimum atomic E-state index is -3.75. The molecule has 5 nitrogen and oxygen atoms in total. The zero-order valence-electron chi connectivity index (χ0n) is 13.4. The second kappa shape index (κ2) is 6.64. The molecule has 1 saturated heterocycles. The lowest BCUT2D eigenvalue weighted by atomic mass is 9.75. The molecule has 2 aliphatic rings. The van der Waals surface area contributed by atoms with Gasteiger partial charge < -0.3 is 20.1 Å². The highest BCUT2D eigenvalue weighted by atomic mass is 19.3. The van der Waals surface area contributed by atoms with E-state index in [4.69, 9.17) is 4.74 Å². The van der Waals surface area contributed by atoms with Crippen molar-refractivity contribution in [1.29, 1.82) is 0 Å². The van der Waals surface area contributed by atoms with E-state index in [0.29, 0.717) is 19.6 Å². The summed E-state index contributed by atoms with van der Waals surface area (Å²) in [6, 6.07) is 7.43. The molecule has 1 aliphatic heterocycles. The Hall–Kier alpha value is -1.73. The highest BCUT2D eigenvalue weighted by Gasteiger charge is 2.61. The van der Waals surface area contributed by atoms with Gasteiger partial charge in [-0.05, 0) is 37.0 Å². The number of carbonyl (C=O) groups excluding carboxylic acids is 1. The molecule has 1 heterocycles. The first kappa shape index (κ1) is 17.1. The molecular weight excluding hydrogens is 318 g/mol. The van der Waals surface area contributed by atoms with Crippen molar-refractivity contribution in [3.63, 3.8) is 0 Å². The van der Waals surface area contributed by atoms with Gasteiger partial charge in [0.05, 0.1) is 13.2 Å². The van der Waals surface area contributed by atoms with Crippen molar-refractivity contribution < 1.29 is 23.4 Å². The van der Waals surface area contributed by atoms with Gasteiger partial charge in [-0.15, -0.1) is 0 Å². The molecule has 7 heteroatoms. The number of nitrogens with zero attached hydrogens (tertiary/aromatic N) is 1. The first-order valence-corrected chi connectivity index (χ1v) is 8.22. The second-order valence-electron chi connectivity index (χ2n) is 6.41. The second-order valence-corrected chi connectivity index (χ2v) is 6.41. The van der Waals surface area contributed by atoms with E-state index in [1.807, 2.05) is 12.1 Å². The molecule has 2 N–H and O–H groups in total. The molecular formula is C17H22F2N2O3. The van der Waals surface area contributed by atoms with Gasteiger partial charge >= 0.3 is 5.92 Å². The third-order valence-electron chi connectivity index (χ3n) is 4.82. The number of ether oxygens (including phenoxy) is 1. The minimum Gasteiger partial charge on any atom is -0.383 e. The van der Waals surface area contributed by atoms with Gasteiger partial charge in [0, 0.05) is 25.3 Å². The number of morpholine rings is 1. The molecule has 132 valence electrons. The maximum absolute atomic E-state index is 14.0. The van der Waals surface area contributed by atoms with Crippen molar-refractivity contribution >= 4 is 11.6 Å². The maximum atomic E-state index is 14.0. The molecule has 0 spiro atoms. The zero-order valence-corrected chi connectivity index (χ0v) is 13.4. The number of halogens is 2. The molecule has 24 heavy (non-hydrogen) atoms. The molecule has 1 aromatic carbocycles. The number of alkyl halides is 2. The van der Waals surface area contributed by atoms with E-state index in [-0.39, 0.29) is 19.4 Å². The highest BCUT2D eigenvalue weighted by molar-refractivity contribution is 5.85. The van der Waals surface area contributed by atoms with Crippen LogP contribution < -0.4 is 10.2 Å². The van der Waals surface area contributed by atoms with Gasteiger partial charge in [-0.25, -0.2) is 0 Å². The largest absolute Gasteiger partial charge is 0.383 e. The van der Waals surface area contributed by atoms with Crippen LogP contribution in [-0.2, 0) is 16.1 Å². The van der Waals surface area contributed by atoms with Crippen LogP contribution in [0.1, 0.15) is 24.8 Å². The van der Waals surface area contributed by atoms with Crippen molar-refractivity contribution in [3.8, 4) is 0 Å². The molecule has 0 bridgehead atoms. The minimum absolute atomic E-state index is 0.00783. The average molecular weight is 340 g/mol. The average Bonchev–Trinajstić information content (AvgIpc) is 2.58. The topological polar surface area (TPSA) is 61.8 Å². The van der Waals surface area contributed by atoms with Crippen LogP contribution in [0.25, 0.3) is 0 Å². The first-order valence-electron chi connectivity index (χ1n) is 8.22. The molecule has 1 amide bonds. The van der Waals surface area contributed by atoms with E-state index in [2.05, 4.69) is 10.2 Å². The molecule has 1 aromatic rings. The van der Waals surface area contributed by atoms with E-state index in [1.165, 1.54) is 0 Å². The van der Waals surface area contributed by atoms with E-state index >= 15 is 0 Å². The van der Waals surface area contributed by atoms with E-state index < -0.39 is 17.4 Å². The summed E-state index contributed by atoms with van der Waals surface area (Å²) < 4.78 is 33.3. The summed E-state index contributed by atoms with van der Waals surface area (Å²) in [6.07, 6.45) is 0.436. The number of hydrogen-bond acceptors (Lipinski definition) is 4. The van der Waals surface area contributed by atoms with E-state index in [9.17, 15) is 18.7 Å². The summed E-state index contributed by atoms with van der Waals surface area (Å²) in [5.74, 6) is -5.17. The summed E-state index contributed by atoms with van der Waals surface area (Å²) >= 11 is 0. The Morgan fingerprint density at radius 2 is 1.88 bits per heavy atom. The molecule has 1 aliphatic carbocycles. The van der Waals surface area contributed by atoms with Gasteiger partial charge in [-0.2, -0.15) is 8.78 Å². The lowest BCUT2D eigenvalue weighted by molar-refractivity contribution is -0.216. The van der Waals surface area contributed by atoms with Crippen LogP contribution in [0, 0.1) is 0 Å². The van der Waals surface area contributed by atoms with Crippen molar-refractivity contribution in [2.45, 2.75) is 37.3 Å². The molecule has 2 fully saturated rings. The number of carbonyl (C=O) groups is 1. The van der Waals surface area contributed by atoms with Crippen LogP contribution >= 0.6 is 0 Å². The third kappa shape index (κ3) is 3.23. The summed E-state index contributed by atoms with van der Waals surface area (Å²) in [6.45, 7) is 3.03. The summed E-state index contributed by atoms with van der Waals surface area (Å²) in [5, 5.41) is 12.0. The highest BCUT2D eigenvalue weighted by Crippen LogP contribution is 2.44. The summed E-state index contributed by atoms with van der Waals surface area (Å²) in [5.41, 5.74) is -0.406. The van der Waals surface area contributed by atoms with Gasteiger partial charge in [-0.1, -0.05) is 12.1 Å². The Balaban J connectivity index is 1.55. The fourth-order valence-corrected chi connectivity index (χ4v) is 2.98. The van der Waals surface area contributed by atoms with Crippen molar-refractivity contribution in [3.05, 3.63) is 29.8 Å². The molecule has 0 unspecified atom stereocenters. The van der Waals surface area contributed by atoms with Gasteiger partial charge in [0.15, 0.2) is 0 Å². The van der Waals surface area contributed by atoms with Crippen LogP contribution in [-0.4, -0.2) is 48.8 Å². The van der Waals surface area contributed by atoms with Crippen LogP contribution in [0.3, 0.4) is 0 Å². The fourth-order valence-electron chi connectivity index (χ4n) is 2.98. The molecule has 0 atom stereocenters. The summed E-state index contributed by atoms with van der Waals surface area (Å²) in [4.78, 5) is 13.9. The predicted octanol–water partition coefficient (Wildman–Crippen LogP) is 1.69. The number of benzene rings is 1. The zero-order chi connectivity index (χ0) is 17.2. The van der Waals surface area contributed by atoms with Crippen LogP contribution in [0.4, 0.5) is 14.5 Å². The van der Waals surface area contributed by atoms with Crippen LogP contribution in [0.5, 0.6) is 0 Å². The van der Waals surface area contributed by atoms with Gasteiger partial charge in [0.1, 0.15) is 5.60 Å². The Labute approximate surface area is 139 Å². The number of aliphatic hydroxyl groups is 1. The van der Waals surface area contributed by atoms with Gasteiger partial charge in [0.2, 0.25) is 0 Å². The monoisotopic (exact) mass is 340 g/mol. The number of rotatable bonds is 5. The molecule has 1 saturated carbocycles. The van der Waals surface area contributed by atoms with Gasteiger partial charge in [-0.3, -0.25) is 4.79 Å². The first-order chi connectivity index (χ1) is 11.4. The van der Waals surface area contributed by atoms with Crippen molar-refractivity contribution in [2.24, 2.45) is 0 Å². The van der Waals surface area contributed by atoms with Crippen molar-refractivity contribution in [1.82, 2.24) is 5.32 Å². The molecule has 0 aromatic heterocycles. The SMILES string of the molecule is O=C(NCc1ccc(N2CCOCC2)cc1)C(F)(F)C1(O)CCC1. The Kier molecular flexibility index (Phi) is 4.73. The number of nitrogens with one attached hydrogen (secondary N) is 1. The Bertz CT molecular complexity index is 582. The predicted molar refractivity (Wildman–Crippen MR) is 85.1 cm³/mol.